The third kappa shape index (κ3) is 3.69. The number of benzene rings is 1. The number of fused-ring (bicyclic) bond motifs is 1. The Morgan fingerprint density at radius 2 is 2.08 bits per heavy atom. The lowest BCUT2D eigenvalue weighted by Crippen LogP contribution is -2.11. The number of hydrogen-bond donors (Lipinski definition) is 2. The van der Waals surface area contributed by atoms with Gasteiger partial charge in [0.1, 0.15) is 17.2 Å². The van der Waals surface area contributed by atoms with Gasteiger partial charge >= 0.3 is 0 Å². The van der Waals surface area contributed by atoms with E-state index in [2.05, 4.69) is 10.4 Å². The summed E-state index contributed by atoms with van der Waals surface area (Å²) in [4.78, 5) is 14.0. The van der Waals surface area contributed by atoms with Gasteiger partial charge < -0.3 is 15.8 Å². The molecule has 24 heavy (non-hydrogen) atoms. The van der Waals surface area contributed by atoms with Crippen molar-refractivity contribution in [2.45, 2.75) is 6.92 Å². The number of hydrogen-bond acceptors (Lipinski definition) is 5. The Balaban J connectivity index is 0.00000208. The van der Waals surface area contributed by atoms with Crippen molar-refractivity contribution in [2.75, 3.05) is 18.5 Å². The van der Waals surface area contributed by atoms with E-state index >= 15 is 0 Å². The van der Waals surface area contributed by atoms with Crippen LogP contribution in [0.2, 0.25) is 0 Å². The Bertz CT molecular complexity index is 807. The van der Waals surface area contributed by atoms with Gasteiger partial charge in [0.25, 0.3) is 5.91 Å². The fraction of sp³-hybridized carbons (Fsp3) is 0.250. The fourth-order valence-corrected chi connectivity index (χ4v) is 3.34. The number of thiophene rings is 1. The van der Waals surface area contributed by atoms with E-state index in [0.29, 0.717) is 18.0 Å². The van der Waals surface area contributed by atoms with Gasteiger partial charge in [-0.1, -0.05) is 0 Å². The molecule has 3 rings (SSSR count). The predicted molar refractivity (Wildman–Crippen MR) is 99.5 cm³/mol. The van der Waals surface area contributed by atoms with Crippen molar-refractivity contribution in [2.24, 2.45) is 12.8 Å². The van der Waals surface area contributed by atoms with Crippen LogP contribution in [0, 0.1) is 6.92 Å². The molecule has 3 N–H and O–H groups in total. The third-order valence-electron chi connectivity index (χ3n) is 3.42. The van der Waals surface area contributed by atoms with Gasteiger partial charge in [-0.15, -0.1) is 23.7 Å². The van der Waals surface area contributed by atoms with Gasteiger partial charge in [0.15, 0.2) is 0 Å². The average Bonchev–Trinajstić information content (AvgIpc) is 3.09. The number of aryl methyl sites for hydroxylation is 2. The SMILES string of the molecule is Cc1nn(C)c2sc(C(=O)Nc3ccc(OCCN)cc3)cc12.Cl. The van der Waals surface area contributed by atoms with Crippen LogP contribution in [0.25, 0.3) is 10.2 Å². The zero-order valence-corrected chi connectivity index (χ0v) is 15.0. The first-order valence-electron chi connectivity index (χ1n) is 7.26. The minimum atomic E-state index is -0.124. The van der Waals surface area contributed by atoms with Crippen molar-refractivity contribution >= 4 is 45.6 Å². The second-order valence-electron chi connectivity index (χ2n) is 5.15. The maximum atomic E-state index is 12.4. The van der Waals surface area contributed by atoms with Crippen LogP contribution >= 0.6 is 23.7 Å². The maximum Gasteiger partial charge on any atom is 0.265 e. The van der Waals surface area contributed by atoms with E-state index in [-0.39, 0.29) is 18.3 Å². The van der Waals surface area contributed by atoms with E-state index in [1.807, 2.05) is 44.3 Å². The quantitative estimate of drug-likeness (QED) is 0.727. The first-order valence-corrected chi connectivity index (χ1v) is 8.07. The molecule has 128 valence electrons. The minimum Gasteiger partial charge on any atom is -0.492 e. The van der Waals surface area contributed by atoms with Crippen LogP contribution in [0.4, 0.5) is 5.69 Å². The van der Waals surface area contributed by atoms with Crippen LogP contribution in [-0.2, 0) is 7.05 Å². The molecular weight excluding hydrogens is 348 g/mol. The van der Waals surface area contributed by atoms with E-state index in [1.54, 1.807) is 4.68 Å². The lowest BCUT2D eigenvalue weighted by molar-refractivity contribution is 0.103. The molecule has 1 amide bonds. The summed E-state index contributed by atoms with van der Waals surface area (Å²) in [6.45, 7) is 2.89. The van der Waals surface area contributed by atoms with Gasteiger partial charge in [0, 0.05) is 24.7 Å². The molecule has 2 aromatic heterocycles. The standard InChI is InChI=1S/C16H18N4O2S.ClH/c1-10-13-9-14(23-16(13)20(2)19-10)15(21)18-11-3-5-12(6-4-11)22-8-7-17;/h3-6,9H,7-8,17H2,1-2H3,(H,18,21);1H. The highest BCUT2D eigenvalue weighted by Gasteiger charge is 2.15. The molecule has 0 aliphatic carbocycles. The number of carbonyl (C=O) groups is 1. The molecule has 0 aliphatic rings. The van der Waals surface area contributed by atoms with Crippen LogP contribution in [0.3, 0.4) is 0 Å². The van der Waals surface area contributed by atoms with Gasteiger partial charge in [-0.25, -0.2) is 0 Å². The van der Waals surface area contributed by atoms with E-state index < -0.39 is 0 Å². The number of ether oxygens (including phenoxy) is 1. The molecule has 0 radical (unpaired) electrons. The van der Waals surface area contributed by atoms with Crippen LogP contribution in [0.15, 0.2) is 30.3 Å². The second-order valence-corrected chi connectivity index (χ2v) is 6.18. The third-order valence-corrected chi connectivity index (χ3v) is 4.62. The maximum absolute atomic E-state index is 12.4. The van der Waals surface area contributed by atoms with Crippen LogP contribution in [0.5, 0.6) is 5.75 Å². The Hall–Kier alpha value is -2.09. The molecule has 6 nitrogen and oxygen atoms in total. The number of anilines is 1. The van der Waals surface area contributed by atoms with Gasteiger partial charge in [0.2, 0.25) is 0 Å². The molecule has 3 aromatic rings. The summed E-state index contributed by atoms with van der Waals surface area (Å²) in [5.74, 6) is 0.609. The van der Waals surface area contributed by atoms with E-state index in [1.165, 1.54) is 11.3 Å². The number of nitrogens with two attached hydrogens (primary N) is 1. The number of nitrogens with zero attached hydrogens (tertiary/aromatic N) is 2. The van der Waals surface area contributed by atoms with E-state index in [9.17, 15) is 4.79 Å². The smallest absolute Gasteiger partial charge is 0.265 e. The molecule has 1 aromatic carbocycles. The monoisotopic (exact) mass is 366 g/mol. The molecule has 0 fully saturated rings. The topological polar surface area (TPSA) is 82.2 Å². The highest BCUT2D eigenvalue weighted by molar-refractivity contribution is 7.20. The van der Waals surface area contributed by atoms with Gasteiger partial charge in [0.05, 0.1) is 10.6 Å². The second kappa shape index (κ2) is 7.65. The van der Waals surface area contributed by atoms with Crippen LogP contribution in [0.1, 0.15) is 15.4 Å². The molecular formula is C16H19ClN4O2S. The van der Waals surface area contributed by atoms with Crippen molar-refractivity contribution in [3.8, 4) is 5.75 Å². The number of rotatable bonds is 5. The highest BCUT2D eigenvalue weighted by Crippen LogP contribution is 2.28. The summed E-state index contributed by atoms with van der Waals surface area (Å²) in [5, 5.41) is 8.26. The normalized spacial score (nSPS) is 10.5. The summed E-state index contributed by atoms with van der Waals surface area (Å²) in [6.07, 6.45) is 0. The zero-order valence-electron chi connectivity index (χ0n) is 13.4. The number of nitrogens with one attached hydrogen (secondary N) is 1. The lowest BCUT2D eigenvalue weighted by Gasteiger charge is -2.06. The average molecular weight is 367 g/mol. The lowest BCUT2D eigenvalue weighted by atomic mass is 10.2. The van der Waals surface area contributed by atoms with Crippen LogP contribution in [-0.4, -0.2) is 28.8 Å². The Kier molecular flexibility index (Phi) is 5.82. The van der Waals surface area contributed by atoms with E-state index in [4.69, 9.17) is 10.5 Å². The van der Waals surface area contributed by atoms with Crippen LogP contribution < -0.4 is 15.8 Å². The predicted octanol–water partition coefficient (Wildman–Crippen LogP) is 2.95. The summed E-state index contributed by atoms with van der Waals surface area (Å²) < 4.78 is 7.21. The summed E-state index contributed by atoms with van der Waals surface area (Å²) >= 11 is 1.44. The molecule has 0 saturated carbocycles. The highest BCUT2D eigenvalue weighted by atomic mass is 35.5. The van der Waals surface area contributed by atoms with Crippen molar-refractivity contribution in [1.29, 1.82) is 0 Å². The van der Waals surface area contributed by atoms with Gasteiger partial charge in [-0.2, -0.15) is 5.10 Å². The Labute approximate surface area is 150 Å². The Morgan fingerprint density at radius 1 is 1.38 bits per heavy atom. The summed E-state index contributed by atoms with van der Waals surface area (Å²) in [6, 6.07) is 9.12. The molecule has 0 bridgehead atoms. The molecule has 8 heteroatoms. The molecule has 2 heterocycles. The van der Waals surface area contributed by atoms with Crippen molar-refractivity contribution in [3.05, 3.63) is 40.9 Å². The summed E-state index contributed by atoms with van der Waals surface area (Å²) in [5.41, 5.74) is 7.05. The number of carbonyl (C=O) groups excluding carboxylic acids is 1. The molecule has 0 unspecified atom stereocenters. The molecule has 0 spiro atoms. The number of amides is 1. The molecule has 0 aliphatic heterocycles. The number of halogens is 1. The number of aromatic nitrogens is 2. The minimum absolute atomic E-state index is 0. The van der Waals surface area contributed by atoms with Gasteiger partial charge in [-0.3, -0.25) is 9.48 Å². The van der Waals surface area contributed by atoms with Crippen molar-refractivity contribution < 1.29 is 9.53 Å². The first-order chi connectivity index (χ1) is 11.1. The first kappa shape index (κ1) is 18.3. The fourth-order valence-electron chi connectivity index (χ4n) is 2.32. The molecule has 0 atom stereocenters. The van der Waals surface area contributed by atoms with Crippen molar-refractivity contribution in [3.63, 3.8) is 0 Å². The molecule has 0 saturated heterocycles. The van der Waals surface area contributed by atoms with Gasteiger partial charge in [-0.05, 0) is 37.3 Å². The van der Waals surface area contributed by atoms with Crippen molar-refractivity contribution in [1.82, 2.24) is 9.78 Å². The Morgan fingerprint density at radius 3 is 2.71 bits per heavy atom. The van der Waals surface area contributed by atoms with E-state index in [0.717, 1.165) is 27.3 Å². The largest absolute Gasteiger partial charge is 0.492 e. The summed E-state index contributed by atoms with van der Waals surface area (Å²) in [7, 11) is 1.88. The zero-order chi connectivity index (χ0) is 16.4.